The number of nitrogens with one attached hydrogen (secondary N) is 1. The van der Waals surface area contributed by atoms with Crippen LogP contribution >= 0.6 is 0 Å². The summed E-state index contributed by atoms with van der Waals surface area (Å²) in [5, 5.41) is 2.36. The van der Waals surface area contributed by atoms with E-state index in [4.69, 9.17) is 4.42 Å². The molecular formula is C20H27N3O6S2. The average molecular weight is 470 g/mol. The molecule has 0 bridgehead atoms. The van der Waals surface area contributed by atoms with E-state index in [9.17, 15) is 21.6 Å². The first-order chi connectivity index (χ1) is 14.4. The van der Waals surface area contributed by atoms with Crippen LogP contribution in [0.15, 0.2) is 38.7 Å². The molecule has 170 valence electrons. The van der Waals surface area contributed by atoms with Gasteiger partial charge in [-0.05, 0) is 62.1 Å². The molecule has 0 radical (unpaired) electrons. The molecule has 0 aliphatic carbocycles. The zero-order valence-electron chi connectivity index (χ0n) is 18.0. The lowest BCUT2D eigenvalue weighted by molar-refractivity contribution is 0.0991. The Bertz CT molecular complexity index is 1190. The Morgan fingerprint density at radius 3 is 2.29 bits per heavy atom. The van der Waals surface area contributed by atoms with E-state index in [0.29, 0.717) is 29.9 Å². The normalized spacial score (nSPS) is 15.9. The lowest BCUT2D eigenvalue weighted by Gasteiger charge is -2.24. The molecule has 0 atom stereocenters. The summed E-state index contributed by atoms with van der Waals surface area (Å²) in [6.07, 6.45) is 2.56. The van der Waals surface area contributed by atoms with Gasteiger partial charge in [-0.2, -0.15) is 4.31 Å². The van der Waals surface area contributed by atoms with Crippen LogP contribution in [0.5, 0.6) is 0 Å². The molecule has 1 fully saturated rings. The number of carbonyl (C=O) groups excluding carboxylic acids is 1. The first kappa shape index (κ1) is 23.5. The van der Waals surface area contributed by atoms with Crippen molar-refractivity contribution in [3.8, 4) is 0 Å². The number of carbonyl (C=O) groups is 1. The van der Waals surface area contributed by atoms with Gasteiger partial charge in [-0.15, -0.1) is 0 Å². The third-order valence-electron chi connectivity index (χ3n) is 5.38. The highest BCUT2D eigenvalue weighted by molar-refractivity contribution is 7.89. The Morgan fingerprint density at radius 2 is 1.68 bits per heavy atom. The van der Waals surface area contributed by atoms with Crippen molar-refractivity contribution < 1.29 is 26.0 Å². The van der Waals surface area contributed by atoms with E-state index in [2.05, 4.69) is 5.32 Å². The Hall–Kier alpha value is -2.21. The molecule has 0 saturated carbocycles. The predicted molar refractivity (Wildman–Crippen MR) is 116 cm³/mol. The van der Waals surface area contributed by atoms with Crippen molar-refractivity contribution in [3.63, 3.8) is 0 Å². The van der Waals surface area contributed by atoms with Crippen LogP contribution in [0, 0.1) is 13.8 Å². The summed E-state index contributed by atoms with van der Waals surface area (Å²) in [6.45, 7) is 4.35. The number of hydrogen-bond acceptors (Lipinski definition) is 6. The standard InChI is InChI=1S/C20H27N3O6S2/c1-14-12-16(30(25,26)22(3)4)13-17(15(14)2)21-20(24)18-8-9-19(29-18)31(27,28)23-10-6-5-7-11-23/h8-9,12-13H,5-7,10-11H2,1-4H3,(H,21,24). The van der Waals surface area contributed by atoms with Gasteiger partial charge in [0.1, 0.15) is 0 Å². The van der Waals surface area contributed by atoms with Gasteiger partial charge >= 0.3 is 0 Å². The third-order valence-corrected chi connectivity index (χ3v) is 8.95. The minimum atomic E-state index is -3.80. The summed E-state index contributed by atoms with van der Waals surface area (Å²) in [7, 11) is -4.64. The van der Waals surface area contributed by atoms with Crippen LogP contribution in [0.4, 0.5) is 5.69 Å². The van der Waals surface area contributed by atoms with Gasteiger partial charge in [-0.25, -0.2) is 21.1 Å². The number of benzene rings is 1. The van der Waals surface area contributed by atoms with Gasteiger partial charge in [0, 0.05) is 32.9 Å². The van der Waals surface area contributed by atoms with Gasteiger partial charge < -0.3 is 9.73 Å². The third kappa shape index (κ3) is 4.69. The molecule has 0 unspecified atom stereocenters. The molecule has 1 aliphatic rings. The van der Waals surface area contributed by atoms with E-state index in [1.807, 2.05) is 0 Å². The molecule has 9 nitrogen and oxygen atoms in total. The number of sulfonamides is 2. The second-order valence-electron chi connectivity index (χ2n) is 7.74. The summed E-state index contributed by atoms with van der Waals surface area (Å²) in [5.41, 5.74) is 1.69. The number of rotatable bonds is 6. The number of hydrogen-bond donors (Lipinski definition) is 1. The Kier molecular flexibility index (Phi) is 6.61. The average Bonchev–Trinajstić information content (AvgIpc) is 3.23. The van der Waals surface area contributed by atoms with Crippen LogP contribution in [0.25, 0.3) is 0 Å². The molecule has 1 N–H and O–H groups in total. The quantitative estimate of drug-likeness (QED) is 0.695. The van der Waals surface area contributed by atoms with Gasteiger partial charge in [0.15, 0.2) is 5.76 Å². The number of furan rings is 1. The summed E-state index contributed by atoms with van der Waals surface area (Å²) >= 11 is 0. The van der Waals surface area contributed by atoms with Crippen LogP contribution in [0.1, 0.15) is 40.9 Å². The van der Waals surface area contributed by atoms with Crippen LogP contribution < -0.4 is 5.32 Å². The largest absolute Gasteiger partial charge is 0.438 e. The molecule has 1 aromatic heterocycles. The molecule has 2 aromatic rings. The summed E-state index contributed by atoms with van der Waals surface area (Å²) in [4.78, 5) is 12.8. The Labute approximate surface area is 183 Å². The minimum absolute atomic E-state index is 0.0451. The fraction of sp³-hybridized carbons (Fsp3) is 0.450. The molecule has 1 aliphatic heterocycles. The van der Waals surface area contributed by atoms with Crippen LogP contribution in [-0.4, -0.2) is 58.5 Å². The van der Waals surface area contributed by atoms with Crippen molar-refractivity contribution in [3.05, 3.63) is 41.2 Å². The fourth-order valence-corrected chi connectivity index (χ4v) is 5.76. The Morgan fingerprint density at radius 1 is 1.03 bits per heavy atom. The molecule has 1 saturated heterocycles. The minimum Gasteiger partial charge on any atom is -0.438 e. The number of anilines is 1. The number of aryl methyl sites for hydroxylation is 1. The second-order valence-corrected chi connectivity index (χ2v) is 11.8. The Balaban J connectivity index is 1.87. The number of piperidine rings is 1. The molecule has 1 amide bonds. The molecular weight excluding hydrogens is 442 g/mol. The zero-order valence-corrected chi connectivity index (χ0v) is 19.6. The van der Waals surface area contributed by atoms with Crippen molar-refractivity contribution in [2.45, 2.75) is 43.1 Å². The monoisotopic (exact) mass is 469 g/mol. The van der Waals surface area contributed by atoms with Gasteiger partial charge in [0.2, 0.25) is 15.1 Å². The van der Waals surface area contributed by atoms with Crippen molar-refractivity contribution in [2.24, 2.45) is 0 Å². The van der Waals surface area contributed by atoms with E-state index < -0.39 is 26.0 Å². The smallest absolute Gasteiger partial charge is 0.291 e. The molecule has 11 heteroatoms. The highest BCUT2D eigenvalue weighted by Crippen LogP contribution is 2.27. The SMILES string of the molecule is Cc1cc(S(=O)(=O)N(C)C)cc(NC(=O)c2ccc(S(=O)(=O)N3CCCCC3)o2)c1C. The van der Waals surface area contributed by atoms with Gasteiger partial charge in [-0.3, -0.25) is 4.79 Å². The fourth-order valence-electron chi connectivity index (χ4n) is 3.31. The first-order valence-electron chi connectivity index (χ1n) is 9.89. The van der Waals surface area contributed by atoms with E-state index in [0.717, 1.165) is 23.6 Å². The van der Waals surface area contributed by atoms with E-state index >= 15 is 0 Å². The lowest BCUT2D eigenvalue weighted by Crippen LogP contribution is -2.35. The topological polar surface area (TPSA) is 117 Å². The maximum absolute atomic E-state index is 12.7. The summed E-state index contributed by atoms with van der Waals surface area (Å²) in [5.74, 6) is -0.837. The highest BCUT2D eigenvalue weighted by Gasteiger charge is 2.30. The molecule has 3 rings (SSSR count). The maximum atomic E-state index is 12.7. The van der Waals surface area contributed by atoms with E-state index in [1.165, 1.54) is 42.7 Å². The maximum Gasteiger partial charge on any atom is 0.291 e. The summed E-state index contributed by atoms with van der Waals surface area (Å²) < 4.78 is 58.3. The second kappa shape index (κ2) is 8.73. The van der Waals surface area contributed by atoms with Crippen LogP contribution in [0.3, 0.4) is 0 Å². The molecule has 2 heterocycles. The number of amides is 1. The van der Waals surface area contributed by atoms with Gasteiger partial charge in [-0.1, -0.05) is 6.42 Å². The molecule has 1 aromatic carbocycles. The molecule has 31 heavy (non-hydrogen) atoms. The molecule has 0 spiro atoms. The lowest BCUT2D eigenvalue weighted by atomic mass is 10.1. The van der Waals surface area contributed by atoms with Crippen molar-refractivity contribution in [1.82, 2.24) is 8.61 Å². The number of nitrogens with zero attached hydrogens (tertiary/aromatic N) is 2. The first-order valence-corrected chi connectivity index (χ1v) is 12.8. The van der Waals surface area contributed by atoms with Crippen LogP contribution in [0.2, 0.25) is 0 Å². The van der Waals surface area contributed by atoms with Crippen LogP contribution in [-0.2, 0) is 20.0 Å². The predicted octanol–water partition coefficient (Wildman–Crippen LogP) is 2.57. The van der Waals surface area contributed by atoms with Crippen molar-refractivity contribution in [2.75, 3.05) is 32.5 Å². The zero-order chi connectivity index (χ0) is 23.0. The van der Waals surface area contributed by atoms with Crippen molar-refractivity contribution >= 4 is 31.6 Å². The highest BCUT2D eigenvalue weighted by atomic mass is 32.2. The van der Waals surface area contributed by atoms with Gasteiger partial charge in [0.25, 0.3) is 15.9 Å². The van der Waals surface area contributed by atoms with E-state index in [1.54, 1.807) is 13.8 Å². The van der Waals surface area contributed by atoms with Crippen molar-refractivity contribution in [1.29, 1.82) is 0 Å². The summed E-state index contributed by atoms with van der Waals surface area (Å²) in [6, 6.07) is 5.49. The van der Waals surface area contributed by atoms with Gasteiger partial charge in [0.05, 0.1) is 4.90 Å². The van der Waals surface area contributed by atoms with E-state index in [-0.39, 0.29) is 15.7 Å².